The van der Waals surface area contributed by atoms with Crippen molar-refractivity contribution in [2.45, 2.75) is 26.4 Å². The predicted molar refractivity (Wildman–Crippen MR) is 84.1 cm³/mol. The number of nitrogens with one attached hydrogen (secondary N) is 1. The average Bonchev–Trinajstić information content (AvgIpc) is 3.05. The Balaban J connectivity index is 1.76. The highest BCUT2D eigenvalue weighted by Gasteiger charge is 2.14. The molecule has 2 N–H and O–H groups in total. The molecule has 0 aliphatic carbocycles. The number of aliphatic hydroxyl groups excluding tert-OH is 1. The summed E-state index contributed by atoms with van der Waals surface area (Å²) < 4.78 is 5.39. The molecule has 1 unspecified atom stereocenters. The summed E-state index contributed by atoms with van der Waals surface area (Å²) in [4.78, 5) is 11.6. The maximum atomic E-state index is 11.6. The van der Waals surface area contributed by atoms with Crippen molar-refractivity contribution in [1.29, 1.82) is 0 Å². The van der Waals surface area contributed by atoms with Gasteiger partial charge in [0.05, 0.1) is 6.10 Å². The lowest BCUT2D eigenvalue weighted by Gasteiger charge is -2.09. The van der Waals surface area contributed by atoms with E-state index in [4.69, 9.17) is 4.42 Å². The largest absolute Gasteiger partial charge is 0.466 e. The smallest absolute Gasteiger partial charge is 0.244 e. The normalized spacial score (nSPS) is 12.7. The molecule has 5 heteroatoms. The minimum Gasteiger partial charge on any atom is -0.466 e. The molecule has 2 aromatic rings. The molecule has 0 aromatic carbocycles. The van der Waals surface area contributed by atoms with Crippen LogP contribution in [0.2, 0.25) is 0 Å². The average molecular weight is 305 g/mol. The van der Waals surface area contributed by atoms with E-state index in [1.807, 2.05) is 36.7 Å². The Bertz CT molecular complexity index is 614. The van der Waals surface area contributed by atoms with Crippen LogP contribution in [0.15, 0.2) is 33.4 Å². The second-order valence-corrected chi connectivity index (χ2v) is 5.63. The molecule has 0 aliphatic rings. The Labute approximate surface area is 128 Å². The van der Waals surface area contributed by atoms with E-state index in [9.17, 15) is 9.90 Å². The third-order valence-electron chi connectivity index (χ3n) is 3.13. The summed E-state index contributed by atoms with van der Waals surface area (Å²) in [5, 5.41) is 16.8. The first-order valence-electron chi connectivity index (χ1n) is 6.79. The number of hydrogen-bond acceptors (Lipinski definition) is 4. The molecule has 0 radical (unpaired) electrons. The third-order valence-corrected chi connectivity index (χ3v) is 3.83. The van der Waals surface area contributed by atoms with Gasteiger partial charge in [0.2, 0.25) is 5.91 Å². The highest BCUT2D eigenvalue weighted by Crippen LogP contribution is 2.23. The molecular weight excluding hydrogens is 286 g/mol. The van der Waals surface area contributed by atoms with E-state index in [0.717, 1.165) is 22.6 Å². The maximum absolute atomic E-state index is 11.6. The first-order valence-corrected chi connectivity index (χ1v) is 7.73. The number of carbonyl (C=O) groups is 1. The first kappa shape index (κ1) is 15.5. The molecule has 2 heterocycles. The lowest BCUT2D eigenvalue weighted by molar-refractivity contribution is -0.116. The van der Waals surface area contributed by atoms with Crippen LogP contribution in [0.3, 0.4) is 0 Å². The minimum absolute atomic E-state index is 0.159. The molecule has 2 rings (SSSR count). The predicted octanol–water partition coefficient (Wildman–Crippen LogP) is 3.21. The summed E-state index contributed by atoms with van der Waals surface area (Å²) >= 11 is 1.59. The van der Waals surface area contributed by atoms with Crippen molar-refractivity contribution < 1.29 is 14.3 Å². The molecule has 0 saturated heterocycles. The van der Waals surface area contributed by atoms with Crippen LogP contribution in [0.1, 0.15) is 35.2 Å². The fourth-order valence-electron chi connectivity index (χ4n) is 2.07. The molecule has 0 spiro atoms. The number of thiophene rings is 1. The number of rotatable bonds is 6. The molecule has 4 nitrogen and oxygen atoms in total. The summed E-state index contributed by atoms with van der Waals surface area (Å²) in [6, 6.07) is 3.78. The summed E-state index contributed by atoms with van der Waals surface area (Å²) in [7, 11) is 0. The fourth-order valence-corrected chi connectivity index (χ4v) is 2.70. The van der Waals surface area contributed by atoms with Crippen molar-refractivity contribution >= 4 is 23.3 Å². The monoisotopic (exact) mass is 305 g/mol. The number of amides is 1. The molecule has 21 heavy (non-hydrogen) atoms. The van der Waals surface area contributed by atoms with Crippen LogP contribution in [0, 0.1) is 13.8 Å². The van der Waals surface area contributed by atoms with Crippen molar-refractivity contribution in [3.05, 3.63) is 51.6 Å². The second-order valence-electron chi connectivity index (χ2n) is 4.85. The second kappa shape index (κ2) is 7.24. The van der Waals surface area contributed by atoms with Gasteiger partial charge in [-0.3, -0.25) is 4.79 Å². The zero-order valence-corrected chi connectivity index (χ0v) is 12.9. The van der Waals surface area contributed by atoms with E-state index in [-0.39, 0.29) is 5.91 Å². The highest BCUT2D eigenvalue weighted by molar-refractivity contribution is 7.08. The van der Waals surface area contributed by atoms with Crippen molar-refractivity contribution in [2.24, 2.45) is 0 Å². The topological polar surface area (TPSA) is 62.5 Å². The quantitative estimate of drug-likeness (QED) is 0.806. The molecule has 0 saturated carbocycles. The van der Waals surface area contributed by atoms with Crippen LogP contribution < -0.4 is 5.32 Å². The van der Waals surface area contributed by atoms with Gasteiger partial charge in [0, 0.05) is 18.2 Å². The molecule has 0 bridgehead atoms. The Morgan fingerprint density at radius 3 is 2.95 bits per heavy atom. The van der Waals surface area contributed by atoms with E-state index >= 15 is 0 Å². The summed E-state index contributed by atoms with van der Waals surface area (Å²) in [6.45, 7) is 4.09. The van der Waals surface area contributed by atoms with Crippen LogP contribution in [-0.2, 0) is 4.79 Å². The zero-order valence-electron chi connectivity index (χ0n) is 12.1. The maximum Gasteiger partial charge on any atom is 0.244 e. The number of aliphatic hydroxyl groups is 1. The van der Waals surface area contributed by atoms with Crippen molar-refractivity contribution in [2.75, 3.05) is 6.54 Å². The summed E-state index contributed by atoms with van der Waals surface area (Å²) in [6.07, 6.45) is 3.11. The van der Waals surface area contributed by atoms with Gasteiger partial charge >= 0.3 is 0 Å². The van der Waals surface area contributed by atoms with Gasteiger partial charge in [-0.05, 0) is 54.8 Å². The van der Waals surface area contributed by atoms with Crippen molar-refractivity contribution in [3.8, 4) is 0 Å². The number of aryl methyl sites for hydroxylation is 2. The minimum atomic E-state index is -0.622. The molecule has 0 fully saturated rings. The highest BCUT2D eigenvalue weighted by atomic mass is 32.1. The van der Waals surface area contributed by atoms with Crippen molar-refractivity contribution in [3.63, 3.8) is 0 Å². The molecule has 1 amide bonds. The van der Waals surface area contributed by atoms with Gasteiger partial charge in [0.25, 0.3) is 0 Å². The molecule has 112 valence electrons. The lowest BCUT2D eigenvalue weighted by Crippen LogP contribution is -2.23. The Kier molecular flexibility index (Phi) is 5.36. The van der Waals surface area contributed by atoms with E-state index in [1.165, 1.54) is 6.08 Å². The Morgan fingerprint density at radius 2 is 2.33 bits per heavy atom. The van der Waals surface area contributed by atoms with Crippen LogP contribution >= 0.6 is 11.3 Å². The summed E-state index contributed by atoms with van der Waals surface area (Å²) in [5.74, 6) is 1.35. The SMILES string of the molecule is Cc1cc(C(O)CCNC(=O)C=Cc2ccsc2)c(C)o1. The number of hydrogen-bond donors (Lipinski definition) is 2. The van der Waals surface area contributed by atoms with Gasteiger partial charge in [-0.2, -0.15) is 11.3 Å². The van der Waals surface area contributed by atoms with Crippen LogP contribution in [0.25, 0.3) is 6.08 Å². The fraction of sp³-hybridized carbons (Fsp3) is 0.312. The number of carbonyl (C=O) groups excluding carboxylic acids is 1. The molecular formula is C16H19NO3S. The van der Waals surface area contributed by atoms with E-state index in [2.05, 4.69) is 5.32 Å². The van der Waals surface area contributed by atoms with E-state index < -0.39 is 6.10 Å². The van der Waals surface area contributed by atoms with Gasteiger partial charge in [-0.25, -0.2) is 0 Å². The van der Waals surface area contributed by atoms with Crippen LogP contribution in [0.5, 0.6) is 0 Å². The van der Waals surface area contributed by atoms with Gasteiger partial charge in [0.1, 0.15) is 11.5 Å². The Hall–Kier alpha value is -1.85. The van der Waals surface area contributed by atoms with Gasteiger partial charge in [0.15, 0.2) is 0 Å². The summed E-state index contributed by atoms with van der Waals surface area (Å²) in [5.41, 5.74) is 1.80. The molecule has 2 aromatic heterocycles. The van der Waals surface area contributed by atoms with E-state index in [1.54, 1.807) is 17.4 Å². The zero-order chi connectivity index (χ0) is 15.2. The number of furan rings is 1. The van der Waals surface area contributed by atoms with E-state index in [0.29, 0.717) is 13.0 Å². The van der Waals surface area contributed by atoms with Gasteiger partial charge < -0.3 is 14.8 Å². The van der Waals surface area contributed by atoms with Gasteiger partial charge in [-0.15, -0.1) is 0 Å². The third kappa shape index (κ3) is 4.58. The van der Waals surface area contributed by atoms with Gasteiger partial charge in [-0.1, -0.05) is 0 Å². The first-order chi connectivity index (χ1) is 10.1. The molecule has 0 aliphatic heterocycles. The Morgan fingerprint density at radius 1 is 1.52 bits per heavy atom. The van der Waals surface area contributed by atoms with Crippen LogP contribution in [0.4, 0.5) is 0 Å². The standard InChI is InChI=1S/C16H19NO3S/c1-11-9-14(12(2)20-11)15(18)5-7-17-16(19)4-3-13-6-8-21-10-13/h3-4,6,8-10,15,18H,5,7H2,1-2H3,(H,17,19). The lowest BCUT2D eigenvalue weighted by atomic mass is 10.1. The van der Waals surface area contributed by atoms with Crippen LogP contribution in [-0.4, -0.2) is 17.6 Å². The van der Waals surface area contributed by atoms with Crippen molar-refractivity contribution in [1.82, 2.24) is 5.32 Å². The molecule has 1 atom stereocenters.